The third kappa shape index (κ3) is 2.43. The Balaban J connectivity index is 2.02. The van der Waals surface area contributed by atoms with Gasteiger partial charge in [0.2, 0.25) is 0 Å². The molecule has 1 aliphatic heterocycles. The molecule has 1 heterocycles. The standard InChI is InChI=1S/C7H12N2S/c1-2-5-10-7-9-4-3-8-6-9/h2,6H,1,3-5,7H2. The second kappa shape index (κ2) is 4.39. The van der Waals surface area contributed by atoms with Crippen LogP contribution in [0.25, 0.3) is 0 Å². The van der Waals surface area contributed by atoms with E-state index in [4.69, 9.17) is 0 Å². The third-order valence-corrected chi connectivity index (χ3v) is 2.24. The highest BCUT2D eigenvalue weighted by atomic mass is 32.2. The third-order valence-electron chi connectivity index (χ3n) is 1.25. The zero-order valence-corrected chi connectivity index (χ0v) is 6.81. The van der Waals surface area contributed by atoms with Gasteiger partial charge in [-0.1, -0.05) is 6.08 Å². The first-order valence-corrected chi connectivity index (χ1v) is 4.51. The van der Waals surface area contributed by atoms with Gasteiger partial charge in [-0.15, -0.1) is 18.3 Å². The molecule has 0 N–H and O–H groups in total. The van der Waals surface area contributed by atoms with Crippen molar-refractivity contribution in [1.82, 2.24) is 4.90 Å². The van der Waals surface area contributed by atoms with Crippen LogP contribution in [0.2, 0.25) is 0 Å². The number of nitrogens with zero attached hydrogens (tertiary/aromatic N) is 2. The quantitative estimate of drug-likeness (QED) is 0.449. The summed E-state index contributed by atoms with van der Waals surface area (Å²) in [4.78, 5) is 6.32. The van der Waals surface area contributed by atoms with Crippen LogP contribution >= 0.6 is 11.8 Å². The number of aliphatic imine (C=N–C) groups is 1. The summed E-state index contributed by atoms with van der Waals surface area (Å²) in [5.41, 5.74) is 0. The molecule has 0 aromatic rings. The molecule has 0 bridgehead atoms. The van der Waals surface area contributed by atoms with E-state index < -0.39 is 0 Å². The Kier molecular flexibility index (Phi) is 3.36. The summed E-state index contributed by atoms with van der Waals surface area (Å²) < 4.78 is 0. The second-order valence-electron chi connectivity index (χ2n) is 2.12. The predicted molar refractivity (Wildman–Crippen MR) is 47.6 cm³/mol. The molecule has 0 saturated heterocycles. The van der Waals surface area contributed by atoms with E-state index in [0.717, 1.165) is 24.7 Å². The Morgan fingerprint density at radius 3 is 3.30 bits per heavy atom. The van der Waals surface area contributed by atoms with E-state index in [1.54, 1.807) is 0 Å². The fourth-order valence-corrected chi connectivity index (χ4v) is 1.47. The molecule has 0 atom stereocenters. The lowest BCUT2D eigenvalue weighted by Gasteiger charge is -2.11. The Bertz CT molecular complexity index is 134. The number of hydrogen-bond donors (Lipinski definition) is 0. The molecular weight excluding hydrogens is 144 g/mol. The molecule has 1 aliphatic rings. The summed E-state index contributed by atoms with van der Waals surface area (Å²) >= 11 is 1.87. The zero-order chi connectivity index (χ0) is 7.23. The van der Waals surface area contributed by atoms with Gasteiger partial charge < -0.3 is 4.90 Å². The van der Waals surface area contributed by atoms with Gasteiger partial charge in [0.05, 0.1) is 18.8 Å². The number of hydrogen-bond acceptors (Lipinski definition) is 3. The highest BCUT2D eigenvalue weighted by molar-refractivity contribution is 7.99. The molecule has 0 aliphatic carbocycles. The minimum Gasteiger partial charge on any atom is -0.352 e. The minimum atomic E-state index is 0.967. The molecule has 0 spiro atoms. The molecule has 0 aromatic carbocycles. The van der Waals surface area contributed by atoms with Crippen molar-refractivity contribution < 1.29 is 0 Å². The Morgan fingerprint density at radius 1 is 1.80 bits per heavy atom. The monoisotopic (exact) mass is 156 g/mol. The van der Waals surface area contributed by atoms with Gasteiger partial charge in [-0.3, -0.25) is 4.99 Å². The fraction of sp³-hybridized carbons (Fsp3) is 0.571. The van der Waals surface area contributed by atoms with E-state index in [1.807, 2.05) is 24.2 Å². The lowest BCUT2D eigenvalue weighted by atomic mass is 10.6. The van der Waals surface area contributed by atoms with Gasteiger partial charge in [0.25, 0.3) is 0 Å². The van der Waals surface area contributed by atoms with Gasteiger partial charge >= 0.3 is 0 Å². The number of rotatable bonds is 4. The summed E-state index contributed by atoms with van der Waals surface area (Å²) in [7, 11) is 0. The van der Waals surface area contributed by atoms with Crippen molar-refractivity contribution in [3.8, 4) is 0 Å². The molecule has 0 saturated carbocycles. The van der Waals surface area contributed by atoms with Crippen LogP contribution in [0, 0.1) is 0 Å². The van der Waals surface area contributed by atoms with Gasteiger partial charge in [0.15, 0.2) is 0 Å². The highest BCUT2D eigenvalue weighted by Gasteiger charge is 2.02. The molecule has 10 heavy (non-hydrogen) atoms. The Morgan fingerprint density at radius 2 is 2.70 bits per heavy atom. The first kappa shape index (κ1) is 7.66. The lowest BCUT2D eigenvalue weighted by molar-refractivity contribution is 0.549. The van der Waals surface area contributed by atoms with Crippen molar-refractivity contribution in [3.63, 3.8) is 0 Å². The van der Waals surface area contributed by atoms with Crippen LogP contribution in [0.15, 0.2) is 17.6 Å². The van der Waals surface area contributed by atoms with Crippen molar-refractivity contribution >= 4 is 18.1 Å². The molecule has 0 unspecified atom stereocenters. The Hall–Kier alpha value is -0.440. The van der Waals surface area contributed by atoms with E-state index in [-0.39, 0.29) is 0 Å². The van der Waals surface area contributed by atoms with Crippen molar-refractivity contribution in [1.29, 1.82) is 0 Å². The van der Waals surface area contributed by atoms with Crippen LogP contribution in [-0.2, 0) is 0 Å². The smallest absolute Gasteiger partial charge is 0.0858 e. The first-order chi connectivity index (χ1) is 4.93. The van der Waals surface area contributed by atoms with Crippen LogP contribution in [0.1, 0.15) is 0 Å². The first-order valence-electron chi connectivity index (χ1n) is 3.36. The van der Waals surface area contributed by atoms with E-state index in [0.29, 0.717) is 0 Å². The summed E-state index contributed by atoms with van der Waals surface area (Å²) in [6.45, 7) is 5.71. The lowest BCUT2D eigenvalue weighted by Crippen LogP contribution is -2.18. The maximum absolute atomic E-state index is 4.11. The van der Waals surface area contributed by atoms with Crippen molar-refractivity contribution in [2.45, 2.75) is 0 Å². The van der Waals surface area contributed by atoms with E-state index >= 15 is 0 Å². The Labute approximate surface area is 66.0 Å². The van der Waals surface area contributed by atoms with Crippen molar-refractivity contribution in [3.05, 3.63) is 12.7 Å². The molecule has 56 valence electrons. The number of thioether (sulfide) groups is 1. The summed E-state index contributed by atoms with van der Waals surface area (Å²) in [5.74, 6) is 2.08. The van der Waals surface area contributed by atoms with Crippen molar-refractivity contribution in [2.24, 2.45) is 4.99 Å². The summed E-state index contributed by atoms with van der Waals surface area (Å²) in [5, 5.41) is 0. The van der Waals surface area contributed by atoms with Gasteiger partial charge in [-0.2, -0.15) is 0 Å². The van der Waals surface area contributed by atoms with E-state index in [2.05, 4.69) is 16.5 Å². The van der Waals surface area contributed by atoms with Crippen LogP contribution in [0.5, 0.6) is 0 Å². The minimum absolute atomic E-state index is 0.967. The zero-order valence-electron chi connectivity index (χ0n) is 5.99. The average Bonchev–Trinajstić information content (AvgIpc) is 2.41. The van der Waals surface area contributed by atoms with Gasteiger partial charge in [-0.25, -0.2) is 0 Å². The molecule has 0 radical (unpaired) electrons. The maximum Gasteiger partial charge on any atom is 0.0858 e. The molecular formula is C7H12N2S. The van der Waals surface area contributed by atoms with E-state index in [1.165, 1.54) is 0 Å². The predicted octanol–water partition coefficient (Wildman–Crippen LogP) is 1.21. The molecule has 0 aromatic heterocycles. The normalized spacial score (nSPS) is 16.2. The highest BCUT2D eigenvalue weighted by Crippen LogP contribution is 2.04. The fourth-order valence-electron chi connectivity index (χ4n) is 0.768. The molecule has 0 fully saturated rings. The van der Waals surface area contributed by atoms with Crippen LogP contribution in [0.4, 0.5) is 0 Å². The van der Waals surface area contributed by atoms with Crippen LogP contribution in [0.3, 0.4) is 0 Å². The molecule has 1 rings (SSSR count). The molecule has 0 amide bonds. The second-order valence-corrected chi connectivity index (χ2v) is 3.12. The van der Waals surface area contributed by atoms with Crippen LogP contribution < -0.4 is 0 Å². The van der Waals surface area contributed by atoms with Gasteiger partial charge in [0, 0.05) is 12.3 Å². The van der Waals surface area contributed by atoms with Gasteiger partial charge in [-0.05, 0) is 0 Å². The molecule has 2 nitrogen and oxygen atoms in total. The van der Waals surface area contributed by atoms with Crippen molar-refractivity contribution in [2.75, 3.05) is 24.7 Å². The van der Waals surface area contributed by atoms with Crippen LogP contribution in [-0.4, -0.2) is 36.0 Å². The molecule has 3 heteroatoms. The maximum atomic E-state index is 4.11. The largest absolute Gasteiger partial charge is 0.352 e. The van der Waals surface area contributed by atoms with Gasteiger partial charge in [0.1, 0.15) is 0 Å². The SMILES string of the molecule is C=CCSCN1C=NCC1. The summed E-state index contributed by atoms with van der Waals surface area (Å²) in [6.07, 6.45) is 3.86. The average molecular weight is 156 g/mol. The van der Waals surface area contributed by atoms with E-state index in [9.17, 15) is 0 Å². The summed E-state index contributed by atoms with van der Waals surface area (Å²) in [6, 6.07) is 0. The topological polar surface area (TPSA) is 15.6 Å².